The number of pyridine rings is 2. The van der Waals surface area contributed by atoms with E-state index in [-0.39, 0.29) is 13.0 Å². The van der Waals surface area contributed by atoms with Crippen LogP contribution < -0.4 is 10.9 Å². The Labute approximate surface area is 170 Å². The van der Waals surface area contributed by atoms with E-state index in [1.807, 2.05) is 43.6 Å². The predicted octanol–water partition coefficient (Wildman–Crippen LogP) is 3.98. The molecule has 148 valence electrons. The Bertz CT molecular complexity index is 1250. The third-order valence-electron chi connectivity index (χ3n) is 5.67. The molecule has 4 heterocycles. The maximum Gasteiger partial charge on any atom is 0.255 e. The van der Waals surface area contributed by atoms with Gasteiger partial charge < -0.3 is 9.88 Å². The van der Waals surface area contributed by atoms with Gasteiger partial charge in [0.25, 0.3) is 5.56 Å². The van der Waals surface area contributed by atoms with Gasteiger partial charge in [-0.25, -0.2) is 0 Å². The first-order valence-corrected chi connectivity index (χ1v) is 9.59. The summed E-state index contributed by atoms with van der Waals surface area (Å²) in [5.74, 6) is 0. The maximum atomic E-state index is 12.8. The average Bonchev–Trinajstić information content (AvgIpc) is 3.01. The third-order valence-corrected chi connectivity index (χ3v) is 5.67. The van der Waals surface area contributed by atoms with Crippen LogP contribution in [0.15, 0.2) is 59.7 Å². The van der Waals surface area contributed by atoms with E-state index in [1.165, 1.54) is 22.2 Å². The fourth-order valence-corrected chi connectivity index (χ4v) is 4.13. The van der Waals surface area contributed by atoms with Gasteiger partial charge in [-0.05, 0) is 42.3 Å². The molecule has 0 fully saturated rings. The Balaban J connectivity index is 0.00000205. The zero-order chi connectivity index (χ0) is 19.3. The smallest absolute Gasteiger partial charge is 0.255 e. The van der Waals surface area contributed by atoms with Gasteiger partial charge in [0.15, 0.2) is 0 Å². The number of aromatic nitrogens is 3. The molecule has 3 aromatic heterocycles. The molecule has 0 aliphatic carbocycles. The summed E-state index contributed by atoms with van der Waals surface area (Å²) in [4.78, 5) is 17.2. The van der Waals surface area contributed by atoms with E-state index in [1.54, 1.807) is 10.6 Å². The van der Waals surface area contributed by atoms with Crippen molar-refractivity contribution in [1.29, 1.82) is 0 Å². The van der Waals surface area contributed by atoms with Gasteiger partial charge in [-0.1, -0.05) is 19.6 Å². The number of hydrogen-bond donors (Lipinski definition) is 1. The third kappa shape index (κ3) is 3.17. The van der Waals surface area contributed by atoms with Crippen LogP contribution in [0.1, 0.15) is 24.2 Å². The lowest BCUT2D eigenvalue weighted by molar-refractivity contribution is 0.622. The fraction of sp³-hybridized carbons (Fsp3) is 0.250. The number of hydrogen-bond acceptors (Lipinski definition) is 3. The summed E-state index contributed by atoms with van der Waals surface area (Å²) >= 11 is 0. The normalized spacial score (nSPS) is 13.2. The zero-order valence-corrected chi connectivity index (χ0v) is 16.1. The minimum absolute atomic E-state index is 0. The van der Waals surface area contributed by atoms with Crippen molar-refractivity contribution in [2.24, 2.45) is 7.05 Å². The van der Waals surface area contributed by atoms with Crippen LogP contribution in [0.4, 0.5) is 0 Å². The van der Waals surface area contributed by atoms with E-state index in [0.717, 1.165) is 42.0 Å². The van der Waals surface area contributed by atoms with Gasteiger partial charge in [0.05, 0.1) is 16.9 Å². The number of fused-ring (bicyclic) bond motifs is 3. The Morgan fingerprint density at radius 2 is 1.97 bits per heavy atom. The molecule has 0 unspecified atom stereocenters. The lowest BCUT2D eigenvalue weighted by Gasteiger charge is -2.14. The Kier molecular flexibility index (Phi) is 4.84. The van der Waals surface area contributed by atoms with E-state index < -0.39 is 0 Å². The molecule has 4 aromatic rings. The molecule has 1 aliphatic rings. The van der Waals surface area contributed by atoms with Gasteiger partial charge in [0, 0.05) is 61.7 Å². The van der Waals surface area contributed by atoms with Crippen LogP contribution in [0.5, 0.6) is 0 Å². The average molecular weight is 386 g/mol. The summed E-state index contributed by atoms with van der Waals surface area (Å²) in [6.45, 7) is 3.92. The first-order valence-electron chi connectivity index (χ1n) is 9.59. The van der Waals surface area contributed by atoms with Crippen molar-refractivity contribution in [1.82, 2.24) is 19.4 Å². The molecular weight excluding hydrogens is 360 g/mol. The number of rotatable bonds is 2. The second kappa shape index (κ2) is 7.33. The number of nitrogens with zero attached hydrogens (tertiary/aromatic N) is 3. The SMILES string of the molecule is C.Cc1ccc(-c2ccn(-c3ccc4c5c(n(C)c4c3)CCNC5)c(=O)c2)nc1. The summed E-state index contributed by atoms with van der Waals surface area (Å²) in [5, 5.41) is 4.72. The van der Waals surface area contributed by atoms with Gasteiger partial charge in [-0.3, -0.25) is 14.3 Å². The highest BCUT2D eigenvalue weighted by Gasteiger charge is 2.18. The van der Waals surface area contributed by atoms with E-state index in [9.17, 15) is 4.79 Å². The summed E-state index contributed by atoms with van der Waals surface area (Å²) in [5.41, 5.74) is 7.51. The highest BCUT2D eigenvalue weighted by Crippen LogP contribution is 2.29. The van der Waals surface area contributed by atoms with E-state index in [0.29, 0.717) is 0 Å². The van der Waals surface area contributed by atoms with Crippen LogP contribution in [-0.2, 0) is 20.0 Å². The molecule has 1 aliphatic heterocycles. The first kappa shape index (κ1) is 19.2. The van der Waals surface area contributed by atoms with Gasteiger partial charge >= 0.3 is 0 Å². The molecule has 1 aromatic carbocycles. The lowest BCUT2D eigenvalue weighted by atomic mass is 10.1. The molecular formula is C24H26N4O. The Hall–Kier alpha value is -3.18. The molecule has 5 rings (SSSR count). The highest BCUT2D eigenvalue weighted by atomic mass is 16.1. The van der Waals surface area contributed by atoms with Crippen LogP contribution in [-0.4, -0.2) is 20.7 Å². The number of aryl methyl sites for hydroxylation is 2. The van der Waals surface area contributed by atoms with Crippen LogP contribution in [0.2, 0.25) is 0 Å². The standard InChI is InChI=1S/C23H22N4O.CH4/c1-15-3-6-20(25-13-15)16-8-10-27(23(28)11-16)17-4-5-18-19-14-24-9-7-21(19)26(2)22(18)12-17;/h3-6,8,10-13,24H,7,9,14H2,1-2H3;1H4. The van der Waals surface area contributed by atoms with Crippen LogP contribution in [0, 0.1) is 6.92 Å². The molecule has 0 saturated carbocycles. The predicted molar refractivity (Wildman–Crippen MR) is 119 cm³/mol. The van der Waals surface area contributed by atoms with Gasteiger partial charge in [0.2, 0.25) is 0 Å². The molecule has 0 bridgehead atoms. The number of benzene rings is 1. The second-order valence-electron chi connectivity index (χ2n) is 7.46. The van der Waals surface area contributed by atoms with Crippen LogP contribution in [0.3, 0.4) is 0 Å². The van der Waals surface area contributed by atoms with Crippen LogP contribution in [0.25, 0.3) is 27.8 Å². The quantitative estimate of drug-likeness (QED) is 0.567. The van der Waals surface area contributed by atoms with E-state index in [4.69, 9.17) is 0 Å². The van der Waals surface area contributed by atoms with E-state index in [2.05, 4.69) is 34.0 Å². The van der Waals surface area contributed by atoms with E-state index >= 15 is 0 Å². The van der Waals surface area contributed by atoms with Crippen molar-refractivity contribution in [2.45, 2.75) is 27.3 Å². The maximum absolute atomic E-state index is 12.8. The topological polar surface area (TPSA) is 51.9 Å². The monoisotopic (exact) mass is 386 g/mol. The van der Waals surface area contributed by atoms with Crippen LogP contribution >= 0.6 is 0 Å². The zero-order valence-electron chi connectivity index (χ0n) is 16.1. The highest BCUT2D eigenvalue weighted by molar-refractivity contribution is 5.87. The van der Waals surface area contributed by atoms with Crippen molar-refractivity contribution >= 4 is 10.9 Å². The summed E-state index contributed by atoms with van der Waals surface area (Å²) in [6, 6.07) is 13.8. The summed E-state index contributed by atoms with van der Waals surface area (Å²) in [7, 11) is 2.12. The van der Waals surface area contributed by atoms with Crippen molar-refractivity contribution in [3.63, 3.8) is 0 Å². The molecule has 1 N–H and O–H groups in total. The first-order chi connectivity index (χ1) is 13.6. The summed E-state index contributed by atoms with van der Waals surface area (Å²) < 4.78 is 3.96. The summed E-state index contributed by atoms with van der Waals surface area (Å²) in [6.07, 6.45) is 4.69. The van der Waals surface area contributed by atoms with Gasteiger partial charge in [-0.15, -0.1) is 0 Å². The molecule has 0 amide bonds. The Morgan fingerprint density at radius 3 is 2.72 bits per heavy atom. The fourth-order valence-electron chi connectivity index (χ4n) is 4.13. The van der Waals surface area contributed by atoms with Crippen molar-refractivity contribution in [3.8, 4) is 16.9 Å². The molecule has 5 nitrogen and oxygen atoms in total. The van der Waals surface area contributed by atoms with Gasteiger partial charge in [0.1, 0.15) is 0 Å². The molecule has 0 radical (unpaired) electrons. The second-order valence-corrected chi connectivity index (χ2v) is 7.46. The molecule has 29 heavy (non-hydrogen) atoms. The van der Waals surface area contributed by atoms with Crippen molar-refractivity contribution in [2.75, 3.05) is 6.54 Å². The molecule has 0 spiro atoms. The molecule has 0 saturated heterocycles. The lowest BCUT2D eigenvalue weighted by Crippen LogP contribution is -2.24. The van der Waals surface area contributed by atoms with Crippen molar-refractivity contribution < 1.29 is 0 Å². The minimum atomic E-state index is -0.0557. The number of nitrogens with one attached hydrogen (secondary N) is 1. The minimum Gasteiger partial charge on any atom is -0.347 e. The Morgan fingerprint density at radius 1 is 1.10 bits per heavy atom. The van der Waals surface area contributed by atoms with Gasteiger partial charge in [-0.2, -0.15) is 0 Å². The van der Waals surface area contributed by atoms with Crippen molar-refractivity contribution in [3.05, 3.63) is 82.0 Å². The molecule has 5 heteroatoms. The molecule has 0 atom stereocenters. The largest absolute Gasteiger partial charge is 0.347 e.